The Morgan fingerprint density at radius 3 is 2.50 bits per heavy atom. The molecule has 3 nitrogen and oxygen atoms in total. The Balaban J connectivity index is 1.52. The van der Waals surface area contributed by atoms with Gasteiger partial charge >= 0.3 is 5.97 Å². The van der Waals surface area contributed by atoms with Crippen molar-refractivity contribution in [1.82, 2.24) is 5.32 Å². The molecule has 0 saturated carbocycles. The minimum Gasteiger partial charge on any atom is -0.462 e. The van der Waals surface area contributed by atoms with Crippen LogP contribution >= 0.6 is 0 Å². The lowest BCUT2D eigenvalue weighted by Gasteiger charge is -2.28. The predicted molar refractivity (Wildman–Crippen MR) is 69.2 cm³/mol. The van der Waals surface area contributed by atoms with Gasteiger partial charge in [0.2, 0.25) is 0 Å². The third kappa shape index (κ3) is 2.72. The van der Waals surface area contributed by atoms with Crippen LogP contribution in [0.1, 0.15) is 31.2 Å². The van der Waals surface area contributed by atoms with Crippen molar-refractivity contribution in [2.45, 2.75) is 50.3 Å². The molecule has 0 radical (unpaired) electrons. The zero-order valence-corrected chi connectivity index (χ0v) is 10.5. The lowest BCUT2D eigenvalue weighted by molar-refractivity contribution is -0.150. The second-order valence-corrected chi connectivity index (χ2v) is 5.38. The van der Waals surface area contributed by atoms with Crippen LogP contribution in [0.15, 0.2) is 30.3 Å². The highest BCUT2D eigenvalue weighted by molar-refractivity contribution is 5.72. The molecule has 2 aliphatic heterocycles. The Morgan fingerprint density at radius 2 is 1.83 bits per heavy atom. The monoisotopic (exact) mass is 245 g/mol. The van der Waals surface area contributed by atoms with Crippen LogP contribution < -0.4 is 5.32 Å². The van der Waals surface area contributed by atoms with Crippen molar-refractivity contribution < 1.29 is 9.53 Å². The first-order chi connectivity index (χ1) is 8.79. The minimum atomic E-state index is -0.0903. The average molecular weight is 245 g/mol. The average Bonchev–Trinajstić information content (AvgIpc) is 2.70. The quantitative estimate of drug-likeness (QED) is 0.828. The van der Waals surface area contributed by atoms with Crippen LogP contribution in [0.5, 0.6) is 0 Å². The highest BCUT2D eigenvalue weighted by Crippen LogP contribution is 2.28. The Morgan fingerprint density at radius 1 is 1.17 bits per heavy atom. The summed E-state index contributed by atoms with van der Waals surface area (Å²) in [6, 6.07) is 10.9. The number of carbonyl (C=O) groups is 1. The molecular weight excluding hydrogens is 226 g/mol. The normalized spacial score (nSPS) is 30.1. The molecule has 0 aliphatic carbocycles. The molecule has 2 atom stereocenters. The first-order valence-electron chi connectivity index (χ1n) is 6.79. The first-order valence-corrected chi connectivity index (χ1v) is 6.79. The fourth-order valence-electron chi connectivity index (χ4n) is 3.09. The number of esters is 1. The zero-order valence-electron chi connectivity index (χ0n) is 10.5. The van der Waals surface area contributed by atoms with Crippen molar-refractivity contribution in [3.63, 3.8) is 0 Å². The van der Waals surface area contributed by atoms with Crippen molar-refractivity contribution in [1.29, 1.82) is 0 Å². The van der Waals surface area contributed by atoms with Crippen LogP contribution in [0, 0.1) is 0 Å². The molecule has 2 bridgehead atoms. The summed E-state index contributed by atoms with van der Waals surface area (Å²) < 4.78 is 5.60. The fourth-order valence-corrected chi connectivity index (χ4v) is 3.09. The van der Waals surface area contributed by atoms with E-state index in [1.807, 2.05) is 30.3 Å². The van der Waals surface area contributed by atoms with Gasteiger partial charge in [-0.2, -0.15) is 0 Å². The molecule has 0 amide bonds. The molecule has 3 heteroatoms. The van der Waals surface area contributed by atoms with Gasteiger partial charge in [-0.05, 0) is 31.2 Å². The highest BCUT2D eigenvalue weighted by Gasteiger charge is 2.35. The summed E-state index contributed by atoms with van der Waals surface area (Å²) in [5.74, 6) is -0.0903. The van der Waals surface area contributed by atoms with Gasteiger partial charge in [-0.15, -0.1) is 0 Å². The van der Waals surface area contributed by atoms with Gasteiger partial charge in [-0.1, -0.05) is 30.3 Å². The molecule has 2 heterocycles. The van der Waals surface area contributed by atoms with E-state index < -0.39 is 0 Å². The van der Waals surface area contributed by atoms with E-state index in [0.717, 1.165) is 18.4 Å². The number of hydrogen-bond acceptors (Lipinski definition) is 3. The van der Waals surface area contributed by atoms with E-state index >= 15 is 0 Å². The number of rotatable bonds is 3. The number of carbonyl (C=O) groups excluding carboxylic acids is 1. The summed E-state index contributed by atoms with van der Waals surface area (Å²) in [6.45, 7) is 0. The van der Waals surface area contributed by atoms with Gasteiger partial charge in [0, 0.05) is 12.1 Å². The fraction of sp³-hybridized carbons (Fsp3) is 0.533. The van der Waals surface area contributed by atoms with E-state index in [4.69, 9.17) is 4.74 Å². The number of ether oxygens (including phenoxy) is 1. The van der Waals surface area contributed by atoms with Crippen LogP contribution in [-0.4, -0.2) is 24.2 Å². The molecule has 2 saturated heterocycles. The minimum absolute atomic E-state index is 0.0903. The maximum absolute atomic E-state index is 11.9. The summed E-state index contributed by atoms with van der Waals surface area (Å²) in [4.78, 5) is 11.9. The van der Waals surface area contributed by atoms with Crippen LogP contribution in [0.2, 0.25) is 0 Å². The summed E-state index contributed by atoms with van der Waals surface area (Å²) >= 11 is 0. The number of nitrogens with one attached hydrogen (secondary N) is 1. The molecule has 18 heavy (non-hydrogen) atoms. The lowest BCUT2D eigenvalue weighted by Crippen LogP contribution is -2.42. The molecule has 3 rings (SSSR count). The summed E-state index contributed by atoms with van der Waals surface area (Å²) in [5.41, 5.74) is 1.03. The van der Waals surface area contributed by atoms with Gasteiger partial charge < -0.3 is 10.1 Å². The second-order valence-electron chi connectivity index (χ2n) is 5.38. The van der Waals surface area contributed by atoms with Gasteiger partial charge in [0.05, 0.1) is 6.42 Å². The summed E-state index contributed by atoms with van der Waals surface area (Å²) in [5, 5.41) is 3.55. The van der Waals surface area contributed by atoms with E-state index in [9.17, 15) is 4.79 Å². The molecule has 0 spiro atoms. The van der Waals surface area contributed by atoms with Crippen molar-refractivity contribution in [3.8, 4) is 0 Å². The molecule has 1 aromatic rings. The molecule has 2 unspecified atom stereocenters. The zero-order chi connectivity index (χ0) is 12.4. The van der Waals surface area contributed by atoms with Crippen LogP contribution in [-0.2, 0) is 16.0 Å². The number of piperidine rings is 1. The van der Waals surface area contributed by atoms with Crippen LogP contribution in [0.25, 0.3) is 0 Å². The van der Waals surface area contributed by atoms with Gasteiger partial charge in [0.25, 0.3) is 0 Å². The Bertz CT molecular complexity index is 406. The van der Waals surface area contributed by atoms with E-state index in [2.05, 4.69) is 5.32 Å². The third-order valence-electron chi connectivity index (χ3n) is 3.92. The van der Waals surface area contributed by atoms with Crippen molar-refractivity contribution >= 4 is 5.97 Å². The molecule has 2 aliphatic rings. The van der Waals surface area contributed by atoms with Gasteiger partial charge in [-0.25, -0.2) is 0 Å². The maximum Gasteiger partial charge on any atom is 0.310 e. The third-order valence-corrected chi connectivity index (χ3v) is 3.92. The number of fused-ring (bicyclic) bond motifs is 2. The summed E-state index contributed by atoms with van der Waals surface area (Å²) in [6.07, 6.45) is 4.95. The van der Waals surface area contributed by atoms with Crippen molar-refractivity contribution in [2.24, 2.45) is 0 Å². The number of hydrogen-bond donors (Lipinski definition) is 1. The van der Waals surface area contributed by atoms with E-state index in [1.165, 1.54) is 12.8 Å². The Labute approximate surface area is 108 Å². The standard InChI is InChI=1S/C15H19NO2/c17-15(8-11-4-2-1-3-5-11)18-14-9-12-6-7-13(10-14)16-12/h1-5,12-14,16H,6-10H2. The molecule has 0 aromatic heterocycles. The topological polar surface area (TPSA) is 38.3 Å². The molecule has 1 N–H and O–H groups in total. The Hall–Kier alpha value is -1.35. The molecular formula is C15H19NO2. The predicted octanol–water partition coefficient (Wildman–Crippen LogP) is 2.06. The van der Waals surface area contributed by atoms with Gasteiger partial charge in [0.1, 0.15) is 6.10 Å². The number of benzene rings is 1. The second kappa shape index (κ2) is 5.11. The van der Waals surface area contributed by atoms with Gasteiger partial charge in [0.15, 0.2) is 0 Å². The molecule has 2 fully saturated rings. The van der Waals surface area contributed by atoms with Crippen molar-refractivity contribution in [2.75, 3.05) is 0 Å². The van der Waals surface area contributed by atoms with Crippen LogP contribution in [0.4, 0.5) is 0 Å². The van der Waals surface area contributed by atoms with E-state index in [-0.39, 0.29) is 12.1 Å². The first kappa shape index (κ1) is 11.7. The largest absolute Gasteiger partial charge is 0.462 e. The maximum atomic E-state index is 11.9. The van der Waals surface area contributed by atoms with E-state index in [1.54, 1.807) is 0 Å². The van der Waals surface area contributed by atoms with Gasteiger partial charge in [-0.3, -0.25) is 4.79 Å². The SMILES string of the molecule is O=C(Cc1ccccc1)OC1CC2CCC(C1)N2. The highest BCUT2D eigenvalue weighted by atomic mass is 16.5. The lowest BCUT2D eigenvalue weighted by atomic mass is 10.0. The summed E-state index contributed by atoms with van der Waals surface area (Å²) in [7, 11) is 0. The van der Waals surface area contributed by atoms with Crippen LogP contribution in [0.3, 0.4) is 0 Å². The smallest absolute Gasteiger partial charge is 0.310 e. The Kier molecular flexibility index (Phi) is 3.33. The molecule has 1 aromatic carbocycles. The molecule has 96 valence electrons. The van der Waals surface area contributed by atoms with E-state index in [0.29, 0.717) is 18.5 Å². The van der Waals surface area contributed by atoms with Crippen molar-refractivity contribution in [3.05, 3.63) is 35.9 Å².